The normalized spacial score (nSPS) is 14.5. The Kier molecular flexibility index (Phi) is 1.95. The van der Waals surface area contributed by atoms with E-state index in [-0.39, 0.29) is 5.91 Å². The molecule has 0 radical (unpaired) electrons. The van der Waals surface area contributed by atoms with Gasteiger partial charge in [-0.25, -0.2) is 4.98 Å². The van der Waals surface area contributed by atoms with E-state index in [0.717, 1.165) is 27.4 Å². The van der Waals surface area contributed by atoms with Crippen molar-refractivity contribution >= 4 is 33.5 Å². The van der Waals surface area contributed by atoms with Crippen LogP contribution in [0.2, 0.25) is 0 Å². The van der Waals surface area contributed by atoms with Crippen molar-refractivity contribution in [3.05, 3.63) is 29.5 Å². The van der Waals surface area contributed by atoms with Crippen LogP contribution in [0, 0.1) is 0 Å². The number of nitrogens with zero attached hydrogens (tertiary/aromatic N) is 4. The minimum absolute atomic E-state index is 0.0346. The summed E-state index contributed by atoms with van der Waals surface area (Å²) in [6.07, 6.45) is 1.72. The number of fused-ring (bicyclic) bond motifs is 4. The third-order valence-corrected chi connectivity index (χ3v) is 3.92. The van der Waals surface area contributed by atoms with Crippen molar-refractivity contribution < 1.29 is 4.79 Å². The Bertz CT molecular complexity index is 896. The molecule has 0 saturated heterocycles. The molecule has 3 heterocycles. The number of benzene rings is 1. The molecule has 6 nitrogen and oxygen atoms in total. The van der Waals surface area contributed by atoms with Crippen LogP contribution in [0.25, 0.3) is 21.8 Å². The molecule has 0 spiro atoms. The van der Waals surface area contributed by atoms with Crippen molar-refractivity contribution in [3.63, 3.8) is 0 Å². The number of aromatic nitrogens is 3. The molecule has 1 amide bonds. The zero-order valence-electron chi connectivity index (χ0n) is 11.2. The predicted octanol–water partition coefficient (Wildman–Crippen LogP) is 1.29. The zero-order chi connectivity index (χ0) is 14.0. The molecule has 3 aromatic rings. The van der Waals surface area contributed by atoms with Crippen molar-refractivity contribution in [3.8, 4) is 0 Å². The van der Waals surface area contributed by atoms with E-state index >= 15 is 0 Å². The SMILES string of the molecule is CN1Cc2cc3c(cc2C1=O)nc(N)c1cnn(C)c13. The summed E-state index contributed by atoms with van der Waals surface area (Å²) in [7, 11) is 3.68. The lowest BCUT2D eigenvalue weighted by Crippen LogP contribution is -2.17. The lowest BCUT2D eigenvalue weighted by Gasteiger charge is -2.06. The summed E-state index contributed by atoms with van der Waals surface area (Å²) < 4.78 is 1.79. The highest BCUT2D eigenvalue weighted by Gasteiger charge is 2.26. The maximum Gasteiger partial charge on any atom is 0.254 e. The summed E-state index contributed by atoms with van der Waals surface area (Å²) in [4.78, 5) is 18.2. The predicted molar refractivity (Wildman–Crippen MR) is 76.2 cm³/mol. The standard InChI is InChI=1S/C14H13N5O/c1-18-6-7-3-9-11(4-8(7)14(18)20)17-13(15)10-5-16-19(2)12(9)10/h3-5H,6H2,1-2H3,(H2,15,17). The molecule has 0 saturated carbocycles. The Balaban J connectivity index is 2.17. The maximum absolute atomic E-state index is 12.1. The molecule has 20 heavy (non-hydrogen) atoms. The van der Waals surface area contributed by atoms with Crippen LogP contribution in [0.15, 0.2) is 18.3 Å². The quantitative estimate of drug-likeness (QED) is 0.665. The van der Waals surface area contributed by atoms with Crippen LogP contribution in [0.5, 0.6) is 0 Å². The van der Waals surface area contributed by atoms with E-state index in [4.69, 9.17) is 5.73 Å². The Morgan fingerprint density at radius 3 is 2.85 bits per heavy atom. The molecule has 0 unspecified atom stereocenters. The second-order valence-corrected chi connectivity index (χ2v) is 5.22. The second-order valence-electron chi connectivity index (χ2n) is 5.22. The van der Waals surface area contributed by atoms with E-state index in [1.165, 1.54) is 0 Å². The van der Waals surface area contributed by atoms with Crippen molar-refractivity contribution in [1.29, 1.82) is 0 Å². The van der Waals surface area contributed by atoms with E-state index in [1.807, 2.05) is 19.2 Å². The van der Waals surface area contributed by atoms with Crippen molar-refractivity contribution in [2.24, 2.45) is 7.05 Å². The Labute approximate surface area is 114 Å². The third kappa shape index (κ3) is 1.25. The molecule has 1 aliphatic heterocycles. The monoisotopic (exact) mass is 267 g/mol. The van der Waals surface area contributed by atoms with E-state index < -0.39 is 0 Å². The van der Waals surface area contributed by atoms with Gasteiger partial charge in [-0.05, 0) is 17.7 Å². The first-order chi connectivity index (χ1) is 9.56. The summed E-state index contributed by atoms with van der Waals surface area (Å²) in [6.45, 7) is 0.633. The van der Waals surface area contributed by atoms with Crippen molar-refractivity contribution in [2.75, 3.05) is 12.8 Å². The molecular formula is C14H13N5O. The number of anilines is 1. The van der Waals surface area contributed by atoms with E-state index in [2.05, 4.69) is 10.1 Å². The van der Waals surface area contributed by atoms with Gasteiger partial charge in [0, 0.05) is 31.6 Å². The number of pyridine rings is 1. The van der Waals surface area contributed by atoms with Crippen molar-refractivity contribution in [1.82, 2.24) is 19.7 Å². The molecule has 0 atom stereocenters. The maximum atomic E-state index is 12.1. The Morgan fingerprint density at radius 1 is 1.25 bits per heavy atom. The lowest BCUT2D eigenvalue weighted by molar-refractivity contribution is 0.0816. The van der Waals surface area contributed by atoms with Gasteiger partial charge in [0.2, 0.25) is 0 Å². The van der Waals surface area contributed by atoms with Gasteiger partial charge in [-0.2, -0.15) is 5.10 Å². The van der Waals surface area contributed by atoms with Gasteiger partial charge in [0.1, 0.15) is 5.82 Å². The number of rotatable bonds is 0. The van der Waals surface area contributed by atoms with Crippen LogP contribution < -0.4 is 5.73 Å². The molecule has 2 aromatic heterocycles. The number of carbonyl (C=O) groups is 1. The molecule has 6 heteroatoms. The highest BCUT2D eigenvalue weighted by Crippen LogP contribution is 2.32. The van der Waals surface area contributed by atoms with Crippen LogP contribution in [0.4, 0.5) is 5.82 Å². The van der Waals surface area contributed by atoms with Gasteiger partial charge < -0.3 is 10.6 Å². The average Bonchev–Trinajstić information content (AvgIpc) is 2.92. The van der Waals surface area contributed by atoms with Gasteiger partial charge in [-0.1, -0.05) is 0 Å². The van der Waals surface area contributed by atoms with Gasteiger partial charge in [0.05, 0.1) is 22.6 Å². The molecule has 4 rings (SSSR count). The first-order valence-corrected chi connectivity index (χ1v) is 6.35. The van der Waals surface area contributed by atoms with E-state index in [9.17, 15) is 4.79 Å². The fraction of sp³-hybridized carbons (Fsp3) is 0.214. The summed E-state index contributed by atoms with van der Waals surface area (Å²) in [6, 6.07) is 3.86. The summed E-state index contributed by atoms with van der Waals surface area (Å²) in [5.74, 6) is 0.478. The fourth-order valence-electron chi connectivity index (χ4n) is 2.91. The Hall–Kier alpha value is -2.63. The topological polar surface area (TPSA) is 77.0 Å². The third-order valence-electron chi connectivity index (χ3n) is 3.92. The highest BCUT2D eigenvalue weighted by molar-refractivity contribution is 6.10. The van der Waals surface area contributed by atoms with Crippen LogP contribution in [0.1, 0.15) is 15.9 Å². The van der Waals surface area contributed by atoms with Crippen LogP contribution in [0.3, 0.4) is 0 Å². The van der Waals surface area contributed by atoms with E-state index in [0.29, 0.717) is 17.9 Å². The number of nitrogen functional groups attached to an aromatic ring is 1. The minimum Gasteiger partial charge on any atom is -0.383 e. The molecule has 0 bridgehead atoms. The number of carbonyl (C=O) groups excluding carboxylic acids is 1. The minimum atomic E-state index is 0.0346. The summed E-state index contributed by atoms with van der Waals surface area (Å²) in [5, 5.41) is 6.08. The first-order valence-electron chi connectivity index (χ1n) is 6.35. The number of hydrogen-bond acceptors (Lipinski definition) is 4. The molecule has 1 aromatic carbocycles. The van der Waals surface area contributed by atoms with Gasteiger partial charge in [0.25, 0.3) is 5.91 Å². The summed E-state index contributed by atoms with van der Waals surface area (Å²) >= 11 is 0. The van der Waals surface area contributed by atoms with Crippen LogP contribution in [-0.4, -0.2) is 32.6 Å². The second kappa shape index (κ2) is 3.47. The molecule has 1 aliphatic rings. The molecule has 0 fully saturated rings. The van der Waals surface area contributed by atoms with Crippen LogP contribution in [-0.2, 0) is 13.6 Å². The fourth-order valence-corrected chi connectivity index (χ4v) is 2.91. The molecule has 100 valence electrons. The van der Waals surface area contributed by atoms with Gasteiger partial charge in [0.15, 0.2) is 0 Å². The van der Waals surface area contributed by atoms with Gasteiger partial charge in [-0.15, -0.1) is 0 Å². The zero-order valence-corrected chi connectivity index (χ0v) is 11.2. The average molecular weight is 267 g/mol. The van der Waals surface area contributed by atoms with E-state index in [1.54, 1.807) is 22.8 Å². The summed E-state index contributed by atoms with van der Waals surface area (Å²) in [5.41, 5.74) is 9.42. The molecule has 2 N–H and O–H groups in total. The smallest absolute Gasteiger partial charge is 0.254 e. The molecule has 0 aliphatic carbocycles. The van der Waals surface area contributed by atoms with Gasteiger partial charge >= 0.3 is 0 Å². The van der Waals surface area contributed by atoms with Crippen LogP contribution >= 0.6 is 0 Å². The number of hydrogen-bond donors (Lipinski definition) is 1. The first kappa shape index (κ1) is 11.2. The van der Waals surface area contributed by atoms with Crippen molar-refractivity contribution in [2.45, 2.75) is 6.54 Å². The largest absolute Gasteiger partial charge is 0.383 e. The number of aryl methyl sites for hydroxylation is 1. The number of nitrogens with two attached hydrogens (primary N) is 1. The van der Waals surface area contributed by atoms with Gasteiger partial charge in [-0.3, -0.25) is 9.48 Å². The Morgan fingerprint density at radius 2 is 2.05 bits per heavy atom. The highest BCUT2D eigenvalue weighted by atomic mass is 16.2. The molecular weight excluding hydrogens is 254 g/mol. The number of amides is 1. The lowest BCUT2D eigenvalue weighted by atomic mass is 10.0.